The van der Waals surface area contributed by atoms with E-state index in [1.165, 1.54) is 12.4 Å². The van der Waals surface area contributed by atoms with Crippen molar-refractivity contribution in [1.82, 2.24) is 10.3 Å². The fourth-order valence-corrected chi connectivity index (χ4v) is 8.54. The first-order chi connectivity index (χ1) is 20.0. The lowest BCUT2D eigenvalue weighted by Crippen LogP contribution is -2.53. The van der Waals surface area contributed by atoms with Crippen LogP contribution in [0.2, 0.25) is 0 Å². The van der Waals surface area contributed by atoms with Gasteiger partial charge in [-0.3, -0.25) is 9.78 Å². The van der Waals surface area contributed by atoms with Crippen molar-refractivity contribution in [2.45, 2.75) is 53.0 Å². The summed E-state index contributed by atoms with van der Waals surface area (Å²) in [7, 11) is -4.53. The number of amides is 1. The quantitative estimate of drug-likeness (QED) is 0.267. The van der Waals surface area contributed by atoms with E-state index in [1.807, 2.05) is 0 Å². The van der Waals surface area contributed by atoms with Crippen LogP contribution in [0.5, 0.6) is 0 Å². The molecule has 1 aliphatic heterocycles. The largest absolute Gasteiger partial charge is 0.435 e. The Morgan fingerprint density at radius 1 is 0.953 bits per heavy atom. The Morgan fingerprint density at radius 2 is 1.58 bits per heavy atom. The molecule has 15 heteroatoms. The van der Waals surface area contributed by atoms with Crippen LogP contribution in [0.25, 0.3) is 0 Å². The average molecular weight is 634 g/mol. The van der Waals surface area contributed by atoms with Gasteiger partial charge in [0.05, 0.1) is 11.3 Å². The van der Waals surface area contributed by atoms with Crippen LogP contribution in [-0.4, -0.2) is 44.2 Å². The molecule has 6 nitrogen and oxygen atoms in total. The predicted octanol–water partition coefficient (Wildman–Crippen LogP) is 5.74. The van der Waals surface area contributed by atoms with E-state index in [4.69, 9.17) is 0 Å². The number of rotatable bonds is 6. The number of alkyl halides is 7. The molecule has 0 radical (unpaired) electrons. The summed E-state index contributed by atoms with van der Waals surface area (Å²) in [5.74, 6) is -2.15. The van der Waals surface area contributed by atoms with Crippen molar-refractivity contribution in [1.29, 1.82) is 0 Å². The van der Waals surface area contributed by atoms with E-state index in [0.29, 0.717) is 11.6 Å². The number of pyridine rings is 1. The maximum atomic E-state index is 14.9. The second-order valence-corrected chi connectivity index (χ2v) is 12.7. The third kappa shape index (κ3) is 4.90. The summed E-state index contributed by atoms with van der Waals surface area (Å²) in [6.07, 6.45) is -9.95. The molecular weight excluding hydrogens is 610 g/mol. The first kappa shape index (κ1) is 30.7. The molecule has 2 heterocycles. The number of nitrogens with one attached hydrogen (secondary N) is 2. The molecule has 0 unspecified atom stereocenters. The maximum Gasteiger partial charge on any atom is 0.435 e. The minimum Gasteiger partial charge on any atom is -0.384 e. The molecule has 3 atom stereocenters. The van der Waals surface area contributed by atoms with Gasteiger partial charge in [0.2, 0.25) is 5.91 Å². The molecule has 43 heavy (non-hydrogen) atoms. The molecule has 1 amide bonds. The van der Waals surface area contributed by atoms with E-state index in [2.05, 4.69) is 15.6 Å². The van der Waals surface area contributed by atoms with E-state index in [9.17, 15) is 48.3 Å². The molecule has 2 aromatic carbocycles. The van der Waals surface area contributed by atoms with Crippen LogP contribution in [0.3, 0.4) is 0 Å². The zero-order valence-electron chi connectivity index (χ0n) is 21.9. The van der Waals surface area contributed by atoms with Crippen molar-refractivity contribution < 1.29 is 48.3 Å². The Balaban J connectivity index is 1.61. The maximum absolute atomic E-state index is 14.9. The number of nitrogens with zero attached hydrogens (tertiary/aromatic N) is 1. The van der Waals surface area contributed by atoms with Gasteiger partial charge in [-0.2, -0.15) is 26.3 Å². The number of anilines is 1. The van der Waals surface area contributed by atoms with E-state index in [1.54, 1.807) is 12.1 Å². The minimum atomic E-state index is -6.37. The van der Waals surface area contributed by atoms with Crippen LogP contribution in [0.4, 0.5) is 40.8 Å². The number of fused-ring (bicyclic) bond motifs is 3. The van der Waals surface area contributed by atoms with E-state index in [-0.39, 0.29) is 42.3 Å². The van der Waals surface area contributed by atoms with Gasteiger partial charge in [0.15, 0.2) is 9.84 Å². The fourth-order valence-electron chi connectivity index (χ4n) is 6.12. The van der Waals surface area contributed by atoms with E-state index < -0.39 is 67.5 Å². The SMILES string of the molecule is O=C(Cc1ccncc1)N[C@@H]1CC[C@@]2(S(=O)(=O)c3ccc(F)cc3)c3ccc(C(F)(C(F)(F)F)C(F)(F)F)cc3NC[C@@H]12. The summed E-state index contributed by atoms with van der Waals surface area (Å²) in [5.41, 5.74) is -7.49. The summed E-state index contributed by atoms with van der Waals surface area (Å²) in [6, 6.07) is 7.59. The first-order valence-electron chi connectivity index (χ1n) is 12.9. The number of hydrogen-bond donors (Lipinski definition) is 2. The summed E-state index contributed by atoms with van der Waals surface area (Å²) >= 11 is 0. The number of halogens is 8. The third-order valence-corrected chi connectivity index (χ3v) is 10.7. The van der Waals surface area contributed by atoms with E-state index >= 15 is 0 Å². The van der Waals surface area contributed by atoms with Crippen LogP contribution >= 0.6 is 0 Å². The van der Waals surface area contributed by atoms with Crippen LogP contribution in [0.1, 0.15) is 29.5 Å². The Bertz CT molecular complexity index is 1620. The molecule has 3 aromatic rings. The fraction of sp³-hybridized carbons (Fsp3) is 0.357. The predicted molar refractivity (Wildman–Crippen MR) is 138 cm³/mol. The number of carbonyl (C=O) groups is 1. The first-order valence-corrected chi connectivity index (χ1v) is 14.4. The molecule has 2 aliphatic rings. The number of carbonyl (C=O) groups excluding carboxylic acids is 1. The molecule has 1 aliphatic carbocycles. The molecule has 0 saturated heterocycles. The monoisotopic (exact) mass is 633 g/mol. The van der Waals surface area contributed by atoms with E-state index in [0.717, 1.165) is 30.3 Å². The lowest BCUT2D eigenvalue weighted by atomic mass is 9.80. The number of aromatic nitrogens is 1. The van der Waals surface area contributed by atoms with Crippen molar-refractivity contribution in [2.24, 2.45) is 5.92 Å². The zero-order chi connectivity index (χ0) is 31.4. The van der Waals surface area contributed by atoms with Crippen LogP contribution < -0.4 is 10.6 Å². The summed E-state index contributed by atoms with van der Waals surface area (Å²) < 4.78 is 136. The third-order valence-electron chi connectivity index (χ3n) is 8.14. The van der Waals surface area contributed by atoms with Crippen LogP contribution in [0, 0.1) is 11.7 Å². The Labute approximate surface area is 240 Å². The van der Waals surface area contributed by atoms with Crippen LogP contribution in [0.15, 0.2) is 71.9 Å². The molecule has 1 aromatic heterocycles. The molecular formula is C28H23F8N3O3S. The van der Waals surface area contributed by atoms with Gasteiger partial charge in [-0.05, 0) is 66.4 Å². The number of hydrogen-bond acceptors (Lipinski definition) is 5. The van der Waals surface area contributed by atoms with Crippen LogP contribution in [-0.2, 0) is 31.5 Å². The summed E-state index contributed by atoms with van der Waals surface area (Å²) in [5, 5.41) is 5.48. The second-order valence-electron chi connectivity index (χ2n) is 10.5. The molecule has 0 bridgehead atoms. The van der Waals surface area contributed by atoms with Gasteiger partial charge >= 0.3 is 18.0 Å². The molecule has 1 saturated carbocycles. The highest BCUT2D eigenvalue weighted by atomic mass is 32.2. The van der Waals surface area contributed by atoms with Gasteiger partial charge in [-0.25, -0.2) is 17.2 Å². The molecule has 2 N–H and O–H groups in total. The average Bonchev–Trinajstić information content (AvgIpc) is 3.31. The van der Waals surface area contributed by atoms with Gasteiger partial charge in [0.25, 0.3) is 0 Å². The zero-order valence-corrected chi connectivity index (χ0v) is 22.8. The lowest BCUT2D eigenvalue weighted by Gasteiger charge is -2.43. The Hall–Kier alpha value is -3.75. The van der Waals surface area contributed by atoms with Crippen molar-refractivity contribution in [3.63, 3.8) is 0 Å². The van der Waals surface area contributed by atoms with Crippen molar-refractivity contribution in [2.75, 3.05) is 11.9 Å². The molecule has 5 rings (SSSR count). The second kappa shape index (κ2) is 10.5. The van der Waals surface area contributed by atoms with Crippen molar-refractivity contribution >= 4 is 21.4 Å². The van der Waals surface area contributed by atoms with Gasteiger partial charge < -0.3 is 10.6 Å². The van der Waals surface area contributed by atoms with Gasteiger partial charge in [-0.1, -0.05) is 12.1 Å². The van der Waals surface area contributed by atoms with Crippen molar-refractivity contribution in [3.05, 3.63) is 89.5 Å². The number of benzene rings is 2. The lowest BCUT2D eigenvalue weighted by molar-refractivity contribution is -0.348. The molecule has 1 fully saturated rings. The van der Waals surface area contributed by atoms with Gasteiger partial charge in [0.1, 0.15) is 10.6 Å². The summed E-state index contributed by atoms with van der Waals surface area (Å²) in [4.78, 5) is 16.4. The van der Waals surface area contributed by atoms with Crippen molar-refractivity contribution in [3.8, 4) is 0 Å². The topological polar surface area (TPSA) is 88.2 Å². The molecule has 0 spiro atoms. The smallest absolute Gasteiger partial charge is 0.384 e. The normalized spacial score (nSPS) is 22.3. The molecule has 230 valence electrons. The summed E-state index contributed by atoms with van der Waals surface area (Å²) in [6.45, 7) is -0.297. The highest BCUT2D eigenvalue weighted by Gasteiger charge is 2.74. The van der Waals surface area contributed by atoms with Gasteiger partial charge in [0, 0.05) is 42.1 Å². The standard InChI is InChI=1S/C28H23F8N3O3S/c29-18-2-4-19(5-3-18)43(41,42)25-10-7-22(39-24(40)13-16-8-11-37-12-9-16)21(25)15-38-23-14-17(1-6-20(23)25)26(30,27(31,32)33)28(34,35)36/h1-6,8-9,11-12,14,21-22,38H,7,10,13,15H2,(H,39,40)/t21-,22+,25+/m0/s1. The highest BCUT2D eigenvalue weighted by Crippen LogP contribution is 2.58. The highest BCUT2D eigenvalue weighted by molar-refractivity contribution is 7.92. The van der Waals surface area contributed by atoms with Gasteiger partial charge in [-0.15, -0.1) is 0 Å². The Morgan fingerprint density at radius 3 is 2.19 bits per heavy atom. The minimum absolute atomic E-state index is 0.0652. The number of sulfone groups is 1. The Kier molecular flexibility index (Phi) is 7.46.